The van der Waals surface area contributed by atoms with Gasteiger partial charge in [0.15, 0.2) is 0 Å². The van der Waals surface area contributed by atoms with E-state index in [4.69, 9.17) is 14.2 Å². The van der Waals surface area contributed by atoms with Crippen molar-refractivity contribution >= 4 is 11.5 Å². The third-order valence-electron chi connectivity index (χ3n) is 2.90. The first-order chi connectivity index (χ1) is 9.28. The molecule has 0 N–H and O–H groups in total. The summed E-state index contributed by atoms with van der Waals surface area (Å²) in [5.74, 6) is 3.43. The van der Waals surface area contributed by atoms with Gasteiger partial charge in [0.25, 0.3) is 5.19 Å². The third kappa shape index (κ3) is 2.78. The molecule has 1 aromatic heterocycles. The summed E-state index contributed by atoms with van der Waals surface area (Å²) in [7, 11) is 3.21. The minimum Gasteiger partial charge on any atom is -0.496 e. The lowest BCUT2D eigenvalue weighted by Gasteiger charge is -2.07. The normalized spacial score (nSPS) is 14.2. The van der Waals surface area contributed by atoms with Crippen molar-refractivity contribution in [2.75, 3.05) is 14.2 Å². The van der Waals surface area contributed by atoms with Crippen LogP contribution in [0.5, 0.6) is 22.4 Å². The average molecular weight is 278 g/mol. The average Bonchev–Trinajstić information content (AvgIpc) is 3.19. The van der Waals surface area contributed by atoms with E-state index in [2.05, 4.69) is 9.36 Å². The van der Waals surface area contributed by atoms with Crippen LogP contribution >= 0.6 is 11.5 Å². The number of benzene rings is 1. The van der Waals surface area contributed by atoms with E-state index in [1.54, 1.807) is 32.4 Å². The van der Waals surface area contributed by atoms with Gasteiger partial charge in [-0.15, -0.1) is 0 Å². The predicted octanol–water partition coefficient (Wildman–Crippen LogP) is 3.23. The zero-order chi connectivity index (χ0) is 13.2. The van der Waals surface area contributed by atoms with Crippen molar-refractivity contribution in [1.82, 2.24) is 9.36 Å². The molecule has 1 heterocycles. The Morgan fingerprint density at radius 3 is 2.26 bits per heavy atom. The van der Waals surface area contributed by atoms with Crippen LogP contribution in [0.3, 0.4) is 0 Å². The molecule has 0 atom stereocenters. The Kier molecular flexibility index (Phi) is 3.25. The molecule has 3 rings (SSSR count). The van der Waals surface area contributed by atoms with Crippen molar-refractivity contribution in [2.45, 2.75) is 18.8 Å². The van der Waals surface area contributed by atoms with Crippen LogP contribution < -0.4 is 14.2 Å². The van der Waals surface area contributed by atoms with Crippen molar-refractivity contribution in [3.63, 3.8) is 0 Å². The molecule has 1 aliphatic carbocycles. The van der Waals surface area contributed by atoms with Crippen LogP contribution in [0.1, 0.15) is 24.6 Å². The first kappa shape index (κ1) is 12.2. The number of hydrogen-bond acceptors (Lipinski definition) is 6. The Hall–Kier alpha value is -1.82. The number of rotatable bonds is 5. The number of ether oxygens (including phenoxy) is 3. The van der Waals surface area contributed by atoms with Crippen molar-refractivity contribution in [3.8, 4) is 22.4 Å². The monoisotopic (exact) mass is 278 g/mol. The topological polar surface area (TPSA) is 53.5 Å². The third-order valence-corrected chi connectivity index (χ3v) is 3.50. The van der Waals surface area contributed by atoms with Crippen molar-refractivity contribution in [3.05, 3.63) is 24.0 Å². The fourth-order valence-corrected chi connectivity index (χ4v) is 2.34. The highest BCUT2D eigenvalue weighted by atomic mass is 32.1. The summed E-state index contributed by atoms with van der Waals surface area (Å²) in [6.45, 7) is 0. The Bertz CT molecular complexity index is 559. The zero-order valence-electron chi connectivity index (χ0n) is 10.8. The fourth-order valence-electron chi connectivity index (χ4n) is 1.71. The highest BCUT2D eigenvalue weighted by Gasteiger charge is 2.28. The number of aromatic nitrogens is 2. The molecule has 0 aliphatic heterocycles. The maximum atomic E-state index is 5.71. The van der Waals surface area contributed by atoms with Gasteiger partial charge < -0.3 is 14.2 Å². The van der Waals surface area contributed by atoms with Crippen LogP contribution in [-0.4, -0.2) is 23.6 Å². The summed E-state index contributed by atoms with van der Waals surface area (Å²) in [6, 6.07) is 5.38. The van der Waals surface area contributed by atoms with Gasteiger partial charge in [0.2, 0.25) is 0 Å². The van der Waals surface area contributed by atoms with Gasteiger partial charge in [-0.2, -0.15) is 9.36 Å². The van der Waals surface area contributed by atoms with E-state index < -0.39 is 0 Å². The fraction of sp³-hybridized carbons (Fsp3) is 0.385. The van der Waals surface area contributed by atoms with Gasteiger partial charge >= 0.3 is 0 Å². The summed E-state index contributed by atoms with van der Waals surface area (Å²) in [4.78, 5) is 4.38. The van der Waals surface area contributed by atoms with Crippen molar-refractivity contribution in [1.29, 1.82) is 0 Å². The molecule has 19 heavy (non-hydrogen) atoms. The van der Waals surface area contributed by atoms with Crippen molar-refractivity contribution < 1.29 is 14.2 Å². The highest BCUT2D eigenvalue weighted by molar-refractivity contribution is 7.07. The lowest BCUT2D eigenvalue weighted by atomic mass is 10.3. The molecule has 0 unspecified atom stereocenters. The Balaban J connectivity index is 1.80. The first-order valence-electron chi connectivity index (χ1n) is 6.03. The van der Waals surface area contributed by atoms with Crippen LogP contribution in [0.4, 0.5) is 0 Å². The van der Waals surface area contributed by atoms with Gasteiger partial charge in [0.1, 0.15) is 23.1 Å². The number of methoxy groups -OCH3 is 2. The molecule has 0 spiro atoms. The smallest absolute Gasteiger partial charge is 0.298 e. The van der Waals surface area contributed by atoms with E-state index in [9.17, 15) is 0 Å². The number of nitrogens with zero attached hydrogens (tertiary/aromatic N) is 2. The van der Waals surface area contributed by atoms with Crippen LogP contribution in [0.25, 0.3) is 0 Å². The molecule has 100 valence electrons. The second-order valence-electron chi connectivity index (χ2n) is 4.34. The molecule has 1 fully saturated rings. The van der Waals surface area contributed by atoms with Crippen LogP contribution in [0, 0.1) is 0 Å². The van der Waals surface area contributed by atoms with E-state index in [0.29, 0.717) is 28.4 Å². The SMILES string of the molecule is COc1cc(OC)cc(Oc2nc(C3CC3)ns2)c1. The highest BCUT2D eigenvalue weighted by Crippen LogP contribution is 2.40. The Labute approximate surface area is 115 Å². The van der Waals surface area contributed by atoms with E-state index in [-0.39, 0.29) is 0 Å². The van der Waals surface area contributed by atoms with E-state index in [0.717, 1.165) is 5.82 Å². The summed E-state index contributed by atoms with van der Waals surface area (Å²) in [6.07, 6.45) is 2.37. The minimum atomic E-state index is 0.536. The molecule has 0 bridgehead atoms. The standard InChI is InChI=1S/C13H14N2O3S/c1-16-9-5-10(17-2)7-11(6-9)18-13-14-12(15-19-13)8-3-4-8/h5-8H,3-4H2,1-2H3. The Morgan fingerprint density at radius 2 is 1.68 bits per heavy atom. The molecule has 1 aromatic carbocycles. The zero-order valence-corrected chi connectivity index (χ0v) is 11.6. The first-order valence-corrected chi connectivity index (χ1v) is 6.80. The maximum Gasteiger partial charge on any atom is 0.298 e. The van der Waals surface area contributed by atoms with Gasteiger partial charge in [-0.05, 0) is 12.8 Å². The molecule has 0 saturated heterocycles. The van der Waals surface area contributed by atoms with Crippen LogP contribution in [-0.2, 0) is 0 Å². The minimum absolute atomic E-state index is 0.536. The van der Waals surface area contributed by atoms with Gasteiger partial charge in [-0.3, -0.25) is 0 Å². The summed E-state index contributed by atoms with van der Waals surface area (Å²) in [5, 5.41) is 0.553. The lowest BCUT2D eigenvalue weighted by Crippen LogP contribution is -1.90. The van der Waals surface area contributed by atoms with Gasteiger partial charge in [0.05, 0.1) is 14.2 Å². The van der Waals surface area contributed by atoms with Gasteiger partial charge in [0, 0.05) is 35.6 Å². The molecule has 1 aliphatic rings. The van der Waals surface area contributed by atoms with Crippen LogP contribution in [0.15, 0.2) is 18.2 Å². The summed E-state index contributed by atoms with van der Waals surface area (Å²) in [5.41, 5.74) is 0. The molecule has 6 heteroatoms. The number of hydrogen-bond donors (Lipinski definition) is 0. The molecular weight excluding hydrogens is 264 g/mol. The molecule has 5 nitrogen and oxygen atoms in total. The van der Waals surface area contributed by atoms with Crippen LogP contribution in [0.2, 0.25) is 0 Å². The molecule has 0 radical (unpaired) electrons. The molecule has 2 aromatic rings. The molecular formula is C13H14N2O3S. The van der Waals surface area contributed by atoms with Gasteiger partial charge in [-0.25, -0.2) is 0 Å². The van der Waals surface area contributed by atoms with E-state index >= 15 is 0 Å². The van der Waals surface area contributed by atoms with Crippen molar-refractivity contribution in [2.24, 2.45) is 0 Å². The largest absolute Gasteiger partial charge is 0.496 e. The Morgan fingerprint density at radius 1 is 1.05 bits per heavy atom. The van der Waals surface area contributed by atoms with Gasteiger partial charge in [-0.1, -0.05) is 0 Å². The predicted molar refractivity (Wildman–Crippen MR) is 71.5 cm³/mol. The van der Waals surface area contributed by atoms with E-state index in [1.807, 2.05) is 0 Å². The summed E-state index contributed by atoms with van der Waals surface area (Å²) >= 11 is 1.27. The maximum absolute atomic E-state index is 5.71. The van der Waals surface area contributed by atoms with E-state index in [1.165, 1.54) is 24.4 Å². The second kappa shape index (κ2) is 5.05. The second-order valence-corrected chi connectivity index (χ2v) is 5.06. The molecule has 0 amide bonds. The molecule has 1 saturated carbocycles. The lowest BCUT2D eigenvalue weighted by molar-refractivity contribution is 0.386. The summed E-state index contributed by atoms with van der Waals surface area (Å²) < 4.78 is 20.4. The quantitative estimate of drug-likeness (QED) is 0.840.